The molecule has 76 valence electrons. The van der Waals surface area contributed by atoms with Gasteiger partial charge in [0.1, 0.15) is 18.3 Å². The molecule has 1 aliphatic heterocycles. The fourth-order valence-corrected chi connectivity index (χ4v) is 1.06. The summed E-state index contributed by atoms with van der Waals surface area (Å²) in [6, 6.07) is 0. The molecule has 13 heavy (non-hydrogen) atoms. The Bertz CT molecular complexity index is 193. The molecule has 7 nitrogen and oxygen atoms in total. The first-order valence-electron chi connectivity index (χ1n) is 3.58. The molecule has 1 unspecified atom stereocenters. The number of carboxylic acid groups (broad SMARTS) is 1. The molecule has 0 aromatic carbocycles. The van der Waals surface area contributed by atoms with E-state index in [4.69, 9.17) is 25.2 Å². The van der Waals surface area contributed by atoms with E-state index in [-0.39, 0.29) is 0 Å². The third-order valence-electron chi connectivity index (χ3n) is 1.72. The van der Waals surface area contributed by atoms with Crippen LogP contribution < -0.4 is 0 Å². The van der Waals surface area contributed by atoms with Gasteiger partial charge in [-0.1, -0.05) is 0 Å². The van der Waals surface area contributed by atoms with Gasteiger partial charge < -0.3 is 29.9 Å². The van der Waals surface area contributed by atoms with Crippen molar-refractivity contribution in [3.63, 3.8) is 0 Å². The minimum absolute atomic E-state index is 0.516. The Hall–Kier alpha value is -0.890. The van der Waals surface area contributed by atoms with Crippen LogP contribution >= 0.6 is 0 Å². The molecular formula is C6H10O7. The molecule has 0 amide bonds. The summed E-state index contributed by atoms with van der Waals surface area (Å²) in [4.78, 5) is 10.0. The summed E-state index contributed by atoms with van der Waals surface area (Å²) < 4.78 is 8.79. The van der Waals surface area contributed by atoms with Gasteiger partial charge in [0.2, 0.25) is 6.29 Å². The summed E-state index contributed by atoms with van der Waals surface area (Å²) in [5, 5.41) is 35.1. The standard InChI is InChI=1S/C6H10O7/c7-1-2-3(8)4(9)5(12-2)13-6(10)11/h2-5,7-9H,1H2,(H,10,11)/t2-,3-,4-,5?/m1/s1. The number of hydrogen-bond acceptors (Lipinski definition) is 6. The average molecular weight is 194 g/mol. The second kappa shape index (κ2) is 3.88. The summed E-state index contributed by atoms with van der Waals surface area (Å²) in [5.41, 5.74) is 0. The van der Waals surface area contributed by atoms with Crippen LogP contribution in [0.1, 0.15) is 0 Å². The summed E-state index contributed by atoms with van der Waals surface area (Å²) in [7, 11) is 0. The Morgan fingerprint density at radius 1 is 1.38 bits per heavy atom. The van der Waals surface area contributed by atoms with Crippen LogP contribution in [0.2, 0.25) is 0 Å². The molecule has 0 aromatic heterocycles. The monoisotopic (exact) mass is 194 g/mol. The van der Waals surface area contributed by atoms with Crippen molar-refractivity contribution in [3.8, 4) is 0 Å². The smallest absolute Gasteiger partial charge is 0.450 e. The van der Waals surface area contributed by atoms with E-state index in [9.17, 15) is 4.79 Å². The predicted molar refractivity (Wildman–Crippen MR) is 36.9 cm³/mol. The molecule has 4 N–H and O–H groups in total. The van der Waals surface area contributed by atoms with Crippen LogP contribution in [-0.2, 0) is 9.47 Å². The summed E-state index contributed by atoms with van der Waals surface area (Å²) in [5.74, 6) is 0. The van der Waals surface area contributed by atoms with Crippen molar-refractivity contribution in [1.82, 2.24) is 0 Å². The van der Waals surface area contributed by atoms with E-state index >= 15 is 0 Å². The van der Waals surface area contributed by atoms with Crippen molar-refractivity contribution < 1.29 is 34.7 Å². The molecule has 0 bridgehead atoms. The van der Waals surface area contributed by atoms with Crippen molar-refractivity contribution in [3.05, 3.63) is 0 Å². The van der Waals surface area contributed by atoms with E-state index < -0.39 is 37.4 Å². The molecule has 0 saturated carbocycles. The van der Waals surface area contributed by atoms with Gasteiger partial charge >= 0.3 is 6.16 Å². The predicted octanol–water partition coefficient (Wildman–Crippen LogP) is -1.88. The first-order chi connectivity index (χ1) is 6.06. The number of aliphatic hydroxyl groups excluding tert-OH is 3. The minimum atomic E-state index is -1.62. The third kappa shape index (κ3) is 2.07. The quantitative estimate of drug-likeness (QED) is 0.380. The second-order valence-corrected chi connectivity index (χ2v) is 2.59. The highest BCUT2D eigenvalue weighted by Crippen LogP contribution is 2.21. The highest BCUT2D eigenvalue weighted by Gasteiger charge is 2.44. The van der Waals surface area contributed by atoms with Gasteiger partial charge in [0.05, 0.1) is 6.61 Å². The molecule has 0 aromatic rings. The van der Waals surface area contributed by atoms with Crippen LogP contribution in [0.15, 0.2) is 0 Å². The fourth-order valence-electron chi connectivity index (χ4n) is 1.06. The van der Waals surface area contributed by atoms with E-state index in [0.717, 1.165) is 0 Å². The Labute approximate surface area is 73.1 Å². The Morgan fingerprint density at radius 3 is 2.38 bits per heavy atom. The molecule has 1 rings (SSSR count). The van der Waals surface area contributed by atoms with Gasteiger partial charge in [-0.15, -0.1) is 0 Å². The lowest BCUT2D eigenvalue weighted by atomic mass is 10.1. The van der Waals surface area contributed by atoms with Crippen molar-refractivity contribution in [1.29, 1.82) is 0 Å². The van der Waals surface area contributed by atoms with E-state index in [1.165, 1.54) is 0 Å². The highest BCUT2D eigenvalue weighted by molar-refractivity contribution is 5.57. The van der Waals surface area contributed by atoms with E-state index in [1.807, 2.05) is 0 Å². The van der Waals surface area contributed by atoms with E-state index in [0.29, 0.717) is 0 Å². The largest absolute Gasteiger partial charge is 0.508 e. The molecule has 1 heterocycles. The summed E-state index contributed by atoms with van der Waals surface area (Å²) in [6.45, 7) is -0.516. The molecule has 1 saturated heterocycles. The van der Waals surface area contributed by atoms with Crippen LogP contribution in [0, 0.1) is 0 Å². The van der Waals surface area contributed by atoms with Gasteiger partial charge in [-0.05, 0) is 0 Å². The fraction of sp³-hybridized carbons (Fsp3) is 0.833. The van der Waals surface area contributed by atoms with E-state index in [2.05, 4.69) is 4.74 Å². The molecule has 4 atom stereocenters. The van der Waals surface area contributed by atoms with Crippen molar-refractivity contribution in [2.75, 3.05) is 6.61 Å². The zero-order chi connectivity index (χ0) is 10.0. The normalized spacial score (nSPS) is 39.0. The van der Waals surface area contributed by atoms with Gasteiger partial charge in [-0.3, -0.25) is 0 Å². The summed E-state index contributed by atoms with van der Waals surface area (Å²) in [6.07, 6.45) is -6.87. The van der Waals surface area contributed by atoms with Gasteiger partial charge in [-0.25, -0.2) is 4.79 Å². The minimum Gasteiger partial charge on any atom is -0.450 e. The topological polar surface area (TPSA) is 116 Å². The number of rotatable bonds is 2. The maximum atomic E-state index is 10.0. The Kier molecular flexibility index (Phi) is 3.04. The van der Waals surface area contributed by atoms with Crippen LogP contribution in [-0.4, -0.2) is 57.8 Å². The Morgan fingerprint density at radius 2 is 2.00 bits per heavy atom. The lowest BCUT2D eigenvalue weighted by Crippen LogP contribution is -2.35. The molecule has 1 aliphatic rings. The van der Waals surface area contributed by atoms with Gasteiger partial charge in [0.25, 0.3) is 0 Å². The van der Waals surface area contributed by atoms with Gasteiger partial charge in [0.15, 0.2) is 0 Å². The molecular weight excluding hydrogens is 184 g/mol. The van der Waals surface area contributed by atoms with Gasteiger partial charge in [-0.2, -0.15) is 0 Å². The first kappa shape index (κ1) is 10.2. The Balaban J connectivity index is 2.55. The van der Waals surface area contributed by atoms with Crippen molar-refractivity contribution >= 4 is 6.16 Å². The first-order valence-corrected chi connectivity index (χ1v) is 3.58. The second-order valence-electron chi connectivity index (χ2n) is 2.59. The molecule has 0 spiro atoms. The maximum absolute atomic E-state index is 10.0. The lowest BCUT2D eigenvalue weighted by Gasteiger charge is -2.12. The van der Waals surface area contributed by atoms with Gasteiger partial charge in [0, 0.05) is 0 Å². The number of ether oxygens (including phenoxy) is 2. The number of carbonyl (C=O) groups is 1. The molecule has 0 radical (unpaired) electrons. The van der Waals surface area contributed by atoms with E-state index in [1.54, 1.807) is 0 Å². The molecule has 1 fully saturated rings. The van der Waals surface area contributed by atoms with Crippen LogP contribution in [0.25, 0.3) is 0 Å². The van der Waals surface area contributed by atoms with Crippen molar-refractivity contribution in [2.45, 2.75) is 24.6 Å². The zero-order valence-corrected chi connectivity index (χ0v) is 6.53. The SMILES string of the molecule is O=C(O)OC1O[C@H](CO)[C@@H](O)[C@H]1O. The number of hydrogen-bond donors (Lipinski definition) is 4. The molecule has 0 aliphatic carbocycles. The van der Waals surface area contributed by atoms with Crippen LogP contribution in [0.4, 0.5) is 4.79 Å². The number of aliphatic hydroxyl groups is 3. The summed E-state index contributed by atoms with van der Waals surface area (Å²) >= 11 is 0. The lowest BCUT2D eigenvalue weighted by molar-refractivity contribution is -0.145. The van der Waals surface area contributed by atoms with Crippen LogP contribution in [0.3, 0.4) is 0 Å². The average Bonchev–Trinajstić information content (AvgIpc) is 2.32. The maximum Gasteiger partial charge on any atom is 0.508 e. The zero-order valence-electron chi connectivity index (χ0n) is 6.53. The van der Waals surface area contributed by atoms with Crippen LogP contribution in [0.5, 0.6) is 0 Å². The highest BCUT2D eigenvalue weighted by atomic mass is 16.8. The van der Waals surface area contributed by atoms with Crippen molar-refractivity contribution in [2.24, 2.45) is 0 Å². The third-order valence-corrected chi connectivity index (χ3v) is 1.72. The molecule has 7 heteroatoms.